The van der Waals surface area contributed by atoms with Crippen LogP contribution in [0.15, 0.2) is 22.9 Å². The van der Waals surface area contributed by atoms with E-state index in [0.717, 1.165) is 10.3 Å². The van der Waals surface area contributed by atoms with Crippen LogP contribution in [0.2, 0.25) is 0 Å². The third-order valence-electron chi connectivity index (χ3n) is 2.94. The van der Waals surface area contributed by atoms with Crippen LogP contribution in [-0.4, -0.2) is 50.3 Å². The Balaban J connectivity index is 1.95. The van der Waals surface area contributed by atoms with Crippen molar-refractivity contribution in [2.45, 2.75) is 20.8 Å². The number of carbonyl (C=O) groups is 1. The molecule has 2 aromatic rings. The Morgan fingerprint density at radius 1 is 1.45 bits per heavy atom. The molecule has 1 amide bonds. The Hall–Kier alpha value is -1.83. The van der Waals surface area contributed by atoms with Gasteiger partial charge >= 0.3 is 6.09 Å². The first-order valence-corrected chi connectivity index (χ1v) is 7.77. The molecular weight excluding hydrogens is 350 g/mol. The van der Waals surface area contributed by atoms with E-state index in [2.05, 4.69) is 31.3 Å². The van der Waals surface area contributed by atoms with Gasteiger partial charge in [0.2, 0.25) is 0 Å². The lowest BCUT2D eigenvalue weighted by Gasteiger charge is -2.27. The molecule has 0 aliphatic rings. The molecule has 22 heavy (non-hydrogen) atoms. The quantitative estimate of drug-likeness (QED) is 0.846. The highest BCUT2D eigenvalue weighted by molar-refractivity contribution is 9.10. The van der Waals surface area contributed by atoms with Crippen molar-refractivity contribution in [1.29, 1.82) is 0 Å². The average Bonchev–Trinajstić information content (AvgIpc) is 2.78. The van der Waals surface area contributed by atoms with Gasteiger partial charge in [0.15, 0.2) is 5.65 Å². The summed E-state index contributed by atoms with van der Waals surface area (Å²) < 4.78 is 2.44. The topological polar surface area (TPSA) is 82.8 Å². The van der Waals surface area contributed by atoms with Crippen LogP contribution in [0.25, 0.3) is 5.65 Å². The summed E-state index contributed by atoms with van der Waals surface area (Å²) >= 11 is 3.37. The van der Waals surface area contributed by atoms with Crippen molar-refractivity contribution in [3.8, 4) is 0 Å². The number of aromatic nitrogens is 3. The molecule has 0 saturated heterocycles. The SMILES string of the molecule is CC(C)(C)CN(CCNc1ccc2ncc(Br)n2n1)C(=O)O. The predicted molar refractivity (Wildman–Crippen MR) is 88.2 cm³/mol. The van der Waals surface area contributed by atoms with Gasteiger partial charge in [-0.3, -0.25) is 0 Å². The van der Waals surface area contributed by atoms with Crippen LogP contribution in [0.1, 0.15) is 20.8 Å². The van der Waals surface area contributed by atoms with E-state index < -0.39 is 6.09 Å². The summed E-state index contributed by atoms with van der Waals surface area (Å²) in [6.45, 7) is 7.43. The average molecular weight is 370 g/mol. The Morgan fingerprint density at radius 3 is 2.82 bits per heavy atom. The number of nitrogens with one attached hydrogen (secondary N) is 1. The molecule has 0 aromatic carbocycles. The second kappa shape index (κ2) is 6.51. The third-order valence-corrected chi connectivity index (χ3v) is 3.48. The van der Waals surface area contributed by atoms with Crippen molar-refractivity contribution in [3.63, 3.8) is 0 Å². The minimum Gasteiger partial charge on any atom is -0.465 e. The van der Waals surface area contributed by atoms with E-state index in [1.807, 2.05) is 32.9 Å². The molecule has 0 radical (unpaired) electrons. The highest BCUT2D eigenvalue weighted by Gasteiger charge is 2.19. The van der Waals surface area contributed by atoms with E-state index in [9.17, 15) is 9.90 Å². The molecule has 7 nitrogen and oxygen atoms in total. The van der Waals surface area contributed by atoms with Crippen LogP contribution in [0, 0.1) is 5.41 Å². The molecule has 2 heterocycles. The van der Waals surface area contributed by atoms with E-state index in [-0.39, 0.29) is 5.41 Å². The maximum atomic E-state index is 11.3. The highest BCUT2D eigenvalue weighted by Crippen LogP contribution is 2.16. The first-order valence-electron chi connectivity index (χ1n) is 6.98. The van der Waals surface area contributed by atoms with E-state index in [1.165, 1.54) is 4.90 Å². The summed E-state index contributed by atoms with van der Waals surface area (Å²) in [7, 11) is 0. The molecule has 2 N–H and O–H groups in total. The number of nitrogens with zero attached hydrogens (tertiary/aromatic N) is 4. The second-order valence-corrected chi connectivity index (χ2v) is 7.07. The van der Waals surface area contributed by atoms with Gasteiger partial charge in [0.1, 0.15) is 10.4 Å². The van der Waals surface area contributed by atoms with Gasteiger partial charge in [-0.05, 0) is 33.5 Å². The normalized spacial score (nSPS) is 11.6. The molecule has 0 saturated carbocycles. The summed E-state index contributed by atoms with van der Waals surface area (Å²) in [5.74, 6) is 0.673. The lowest BCUT2D eigenvalue weighted by atomic mass is 9.96. The fourth-order valence-electron chi connectivity index (χ4n) is 2.07. The van der Waals surface area contributed by atoms with Crippen molar-refractivity contribution in [2.75, 3.05) is 25.0 Å². The van der Waals surface area contributed by atoms with Gasteiger partial charge in [-0.1, -0.05) is 20.8 Å². The van der Waals surface area contributed by atoms with Gasteiger partial charge < -0.3 is 15.3 Å². The molecule has 0 unspecified atom stereocenters. The van der Waals surface area contributed by atoms with Crippen LogP contribution in [0.4, 0.5) is 10.6 Å². The first-order chi connectivity index (χ1) is 10.3. The fourth-order valence-corrected chi connectivity index (χ4v) is 2.44. The van der Waals surface area contributed by atoms with Crippen LogP contribution in [-0.2, 0) is 0 Å². The predicted octanol–water partition coefficient (Wildman–Crippen LogP) is 2.93. The number of imidazole rings is 1. The zero-order valence-electron chi connectivity index (χ0n) is 12.9. The zero-order valence-corrected chi connectivity index (χ0v) is 14.5. The maximum absolute atomic E-state index is 11.3. The standard InChI is InChI=1S/C14H20BrN5O2/c1-14(2,3)9-19(13(21)22)7-6-16-11-4-5-12-17-8-10(15)20(12)18-11/h4-5,8H,6-7,9H2,1-3H3,(H,16,18)(H,21,22). The van der Waals surface area contributed by atoms with Gasteiger partial charge in [-0.25, -0.2) is 14.3 Å². The van der Waals surface area contributed by atoms with Gasteiger partial charge in [0.25, 0.3) is 0 Å². The maximum Gasteiger partial charge on any atom is 0.407 e. The minimum absolute atomic E-state index is 0.0722. The number of hydrogen-bond acceptors (Lipinski definition) is 4. The molecule has 8 heteroatoms. The Morgan fingerprint density at radius 2 is 2.18 bits per heavy atom. The van der Waals surface area contributed by atoms with E-state index in [0.29, 0.717) is 25.5 Å². The van der Waals surface area contributed by atoms with Crippen molar-refractivity contribution in [2.24, 2.45) is 5.41 Å². The monoisotopic (exact) mass is 369 g/mol. The Labute approximate surface area is 137 Å². The highest BCUT2D eigenvalue weighted by atomic mass is 79.9. The van der Waals surface area contributed by atoms with E-state index >= 15 is 0 Å². The van der Waals surface area contributed by atoms with Gasteiger partial charge in [0, 0.05) is 19.6 Å². The molecule has 0 atom stereocenters. The van der Waals surface area contributed by atoms with E-state index in [1.54, 1.807) is 10.7 Å². The largest absolute Gasteiger partial charge is 0.465 e. The lowest BCUT2D eigenvalue weighted by molar-refractivity contribution is 0.128. The Kier molecular flexibility index (Phi) is 4.90. The summed E-state index contributed by atoms with van der Waals surface area (Å²) in [6.07, 6.45) is 0.777. The minimum atomic E-state index is -0.905. The number of rotatable bonds is 5. The third kappa shape index (κ3) is 4.33. The molecule has 0 aliphatic heterocycles. The number of hydrogen-bond donors (Lipinski definition) is 2. The van der Waals surface area contributed by atoms with Crippen molar-refractivity contribution in [1.82, 2.24) is 19.5 Å². The smallest absolute Gasteiger partial charge is 0.407 e. The molecule has 120 valence electrons. The lowest BCUT2D eigenvalue weighted by Crippen LogP contribution is -2.39. The molecule has 0 bridgehead atoms. The number of amides is 1. The van der Waals surface area contributed by atoms with Crippen LogP contribution in [0.5, 0.6) is 0 Å². The van der Waals surface area contributed by atoms with Crippen LogP contribution < -0.4 is 5.32 Å². The summed E-state index contributed by atoms with van der Waals surface area (Å²) in [5.41, 5.74) is 0.675. The summed E-state index contributed by atoms with van der Waals surface area (Å²) in [4.78, 5) is 16.9. The van der Waals surface area contributed by atoms with Crippen LogP contribution in [0.3, 0.4) is 0 Å². The Bertz CT molecular complexity index is 665. The van der Waals surface area contributed by atoms with Gasteiger partial charge in [0.05, 0.1) is 6.20 Å². The fraction of sp³-hybridized carbons (Fsp3) is 0.500. The van der Waals surface area contributed by atoms with Crippen LogP contribution >= 0.6 is 15.9 Å². The van der Waals surface area contributed by atoms with Crippen molar-refractivity contribution < 1.29 is 9.90 Å². The van der Waals surface area contributed by atoms with Crippen molar-refractivity contribution in [3.05, 3.63) is 22.9 Å². The first kappa shape index (κ1) is 16.5. The number of anilines is 1. The molecule has 0 aliphatic carbocycles. The molecule has 2 rings (SSSR count). The van der Waals surface area contributed by atoms with Gasteiger partial charge in [-0.15, -0.1) is 5.10 Å². The molecule has 0 fully saturated rings. The molecular formula is C14H20BrN5O2. The molecule has 0 spiro atoms. The summed E-state index contributed by atoms with van der Waals surface area (Å²) in [6, 6.07) is 3.67. The van der Waals surface area contributed by atoms with Crippen molar-refractivity contribution >= 4 is 33.5 Å². The number of halogens is 1. The number of fused-ring (bicyclic) bond motifs is 1. The summed E-state index contributed by atoms with van der Waals surface area (Å²) in [5, 5.41) is 16.8. The van der Waals surface area contributed by atoms with E-state index in [4.69, 9.17) is 0 Å². The zero-order chi connectivity index (χ0) is 16.3. The second-order valence-electron chi connectivity index (χ2n) is 6.26. The molecule has 2 aromatic heterocycles. The number of carboxylic acid groups (broad SMARTS) is 1. The van der Waals surface area contributed by atoms with Gasteiger partial charge in [-0.2, -0.15) is 0 Å².